The van der Waals surface area contributed by atoms with Gasteiger partial charge < -0.3 is 28.4 Å². The van der Waals surface area contributed by atoms with Crippen LogP contribution in [0.3, 0.4) is 0 Å². The zero-order valence-corrected chi connectivity index (χ0v) is 21.9. The van der Waals surface area contributed by atoms with E-state index in [1.165, 1.54) is 32.1 Å². The fourth-order valence-corrected chi connectivity index (χ4v) is 3.71. The van der Waals surface area contributed by atoms with Crippen molar-refractivity contribution < 1.29 is 57.2 Å². The predicted octanol–water partition coefficient (Wildman–Crippen LogP) is 1.71. The fourth-order valence-electron chi connectivity index (χ4n) is 3.71. The number of ether oxygens (including phenoxy) is 6. The standard InChI is InChI=1S/C26H30O12/c1-13(27)21(14(2)28)11-19-8-7-9-20(10-19)37-26-25(36-18(6)32)24(35-17(5)31)23(34-16(4)30)22(38-26)12-33-15(3)29/h7-11,22-26H,12H2,1-6H3/t22-,23+,24+,25-,26+/m0/s1. The molecule has 1 saturated heterocycles. The second-order valence-electron chi connectivity index (χ2n) is 8.43. The largest absolute Gasteiger partial charge is 0.463 e. The lowest BCUT2D eigenvalue weighted by Crippen LogP contribution is -2.63. The molecule has 12 nitrogen and oxygen atoms in total. The molecule has 0 radical (unpaired) electrons. The van der Waals surface area contributed by atoms with Crippen LogP contribution >= 0.6 is 0 Å². The summed E-state index contributed by atoms with van der Waals surface area (Å²) < 4.78 is 32.9. The molecule has 12 heteroatoms. The summed E-state index contributed by atoms with van der Waals surface area (Å²) in [5, 5.41) is 0. The lowest BCUT2D eigenvalue weighted by Gasteiger charge is -2.43. The molecule has 5 atom stereocenters. The predicted molar refractivity (Wildman–Crippen MR) is 128 cm³/mol. The molecule has 0 N–H and O–H groups in total. The van der Waals surface area contributed by atoms with Gasteiger partial charge in [0, 0.05) is 27.7 Å². The molecule has 0 saturated carbocycles. The van der Waals surface area contributed by atoms with Gasteiger partial charge >= 0.3 is 23.9 Å². The number of carbonyl (C=O) groups excluding carboxylic acids is 6. The van der Waals surface area contributed by atoms with E-state index < -0.39 is 72.8 Å². The Hall–Kier alpha value is -4.06. The van der Waals surface area contributed by atoms with Crippen LogP contribution in [-0.2, 0) is 52.5 Å². The van der Waals surface area contributed by atoms with E-state index in [2.05, 4.69) is 0 Å². The normalized spacial score (nSPS) is 22.3. The van der Waals surface area contributed by atoms with E-state index in [9.17, 15) is 28.8 Å². The molecule has 1 aliphatic rings. The molecule has 2 rings (SSSR count). The zero-order valence-electron chi connectivity index (χ0n) is 21.9. The zero-order chi connectivity index (χ0) is 28.6. The topological polar surface area (TPSA) is 158 Å². The molecule has 38 heavy (non-hydrogen) atoms. The highest BCUT2D eigenvalue weighted by atomic mass is 16.7. The summed E-state index contributed by atoms with van der Waals surface area (Å²) in [4.78, 5) is 70.8. The van der Waals surface area contributed by atoms with Crippen LogP contribution in [0.1, 0.15) is 47.1 Å². The number of hydrogen-bond donors (Lipinski definition) is 0. The quantitative estimate of drug-likeness (QED) is 0.141. The van der Waals surface area contributed by atoms with Gasteiger partial charge in [0.25, 0.3) is 0 Å². The Morgan fingerprint density at radius 1 is 0.763 bits per heavy atom. The Bertz CT molecular complexity index is 1100. The van der Waals surface area contributed by atoms with E-state index in [1.807, 2.05) is 0 Å². The Morgan fingerprint density at radius 2 is 1.32 bits per heavy atom. The Kier molecular flexibility index (Phi) is 10.7. The van der Waals surface area contributed by atoms with Crippen LogP contribution in [0.25, 0.3) is 6.08 Å². The van der Waals surface area contributed by atoms with Gasteiger partial charge in [-0.25, -0.2) is 0 Å². The van der Waals surface area contributed by atoms with Gasteiger partial charge in [0.05, 0.1) is 5.57 Å². The summed E-state index contributed by atoms with van der Waals surface area (Å²) in [5.74, 6) is -3.60. The van der Waals surface area contributed by atoms with Gasteiger partial charge in [0.1, 0.15) is 18.5 Å². The van der Waals surface area contributed by atoms with E-state index in [1.54, 1.807) is 12.1 Å². The van der Waals surface area contributed by atoms with Crippen LogP contribution in [0.4, 0.5) is 0 Å². The first-order chi connectivity index (χ1) is 17.8. The summed E-state index contributed by atoms with van der Waals surface area (Å²) in [7, 11) is 0. The Labute approximate surface area is 219 Å². The number of Topliss-reactive ketones (excluding diaryl/α,β-unsaturated/α-hetero) is 2. The molecule has 0 aliphatic carbocycles. The van der Waals surface area contributed by atoms with Gasteiger partial charge in [-0.2, -0.15) is 0 Å². The molecule has 1 fully saturated rings. The van der Waals surface area contributed by atoms with Gasteiger partial charge in [-0.15, -0.1) is 0 Å². The maximum atomic E-state index is 11.9. The van der Waals surface area contributed by atoms with Crippen LogP contribution in [0.5, 0.6) is 5.75 Å². The SMILES string of the molecule is CC(=O)OC[C@@H]1O[C@@H](Oc2cccc(C=C(C(C)=O)C(C)=O)c2)[C@@H](OC(C)=O)[C@H](OC(C)=O)[C@@H]1OC(C)=O. The minimum absolute atomic E-state index is 0.0190. The van der Waals surface area contributed by atoms with Crippen molar-refractivity contribution in [1.29, 1.82) is 0 Å². The first-order valence-corrected chi connectivity index (χ1v) is 11.6. The highest BCUT2D eigenvalue weighted by Crippen LogP contribution is 2.31. The summed E-state index contributed by atoms with van der Waals surface area (Å²) in [6, 6.07) is 6.25. The molecule has 0 amide bonds. The van der Waals surface area contributed by atoms with Crippen LogP contribution < -0.4 is 4.74 Å². The maximum Gasteiger partial charge on any atom is 0.303 e. The first kappa shape index (κ1) is 30.2. The molecular formula is C26H30O12. The first-order valence-electron chi connectivity index (χ1n) is 11.6. The minimum Gasteiger partial charge on any atom is -0.463 e. The van der Waals surface area contributed by atoms with Crippen LogP contribution in [-0.4, -0.2) is 72.8 Å². The average Bonchev–Trinajstić information content (AvgIpc) is 2.79. The van der Waals surface area contributed by atoms with Crippen molar-refractivity contribution in [3.63, 3.8) is 0 Å². The lowest BCUT2D eigenvalue weighted by atomic mass is 9.98. The highest BCUT2D eigenvalue weighted by molar-refractivity contribution is 6.21. The third-order valence-corrected chi connectivity index (χ3v) is 5.13. The third-order valence-electron chi connectivity index (χ3n) is 5.13. The van der Waals surface area contributed by atoms with Gasteiger partial charge in [0.15, 0.2) is 23.8 Å². The molecule has 0 bridgehead atoms. The van der Waals surface area contributed by atoms with Gasteiger partial charge in [-0.05, 0) is 37.6 Å². The second kappa shape index (κ2) is 13.5. The van der Waals surface area contributed by atoms with Crippen molar-refractivity contribution in [1.82, 2.24) is 0 Å². The molecule has 1 aromatic carbocycles. The van der Waals surface area contributed by atoms with E-state index in [4.69, 9.17) is 28.4 Å². The van der Waals surface area contributed by atoms with Crippen LogP contribution in [0.2, 0.25) is 0 Å². The molecule has 0 aromatic heterocycles. The summed E-state index contributed by atoms with van der Waals surface area (Å²) >= 11 is 0. The molecule has 0 spiro atoms. The number of carbonyl (C=O) groups is 6. The average molecular weight is 535 g/mol. The second-order valence-corrected chi connectivity index (χ2v) is 8.43. The Balaban J connectivity index is 2.51. The van der Waals surface area contributed by atoms with E-state index >= 15 is 0 Å². The van der Waals surface area contributed by atoms with Gasteiger partial charge in [-0.1, -0.05) is 12.1 Å². The molecule has 0 unspecified atom stereocenters. The molecule has 1 heterocycles. The van der Waals surface area contributed by atoms with Crippen molar-refractivity contribution in [3.8, 4) is 5.75 Å². The van der Waals surface area contributed by atoms with Crippen molar-refractivity contribution in [2.45, 2.75) is 72.2 Å². The smallest absolute Gasteiger partial charge is 0.303 e. The number of hydrogen-bond acceptors (Lipinski definition) is 12. The van der Waals surface area contributed by atoms with Gasteiger partial charge in [0.2, 0.25) is 12.4 Å². The maximum absolute atomic E-state index is 11.9. The van der Waals surface area contributed by atoms with Gasteiger partial charge in [-0.3, -0.25) is 28.8 Å². The number of rotatable bonds is 10. The molecular weight excluding hydrogens is 504 g/mol. The highest BCUT2D eigenvalue weighted by Gasteiger charge is 2.53. The number of benzene rings is 1. The van der Waals surface area contributed by atoms with E-state index in [0.29, 0.717) is 5.56 Å². The fraction of sp³-hybridized carbons (Fsp3) is 0.462. The Morgan fingerprint density at radius 3 is 1.84 bits per heavy atom. The van der Waals surface area contributed by atoms with Crippen molar-refractivity contribution in [2.24, 2.45) is 0 Å². The minimum atomic E-state index is -1.42. The monoisotopic (exact) mass is 534 g/mol. The third kappa shape index (κ3) is 8.80. The molecule has 206 valence electrons. The number of esters is 4. The van der Waals surface area contributed by atoms with E-state index in [0.717, 1.165) is 27.7 Å². The van der Waals surface area contributed by atoms with Crippen LogP contribution in [0, 0.1) is 0 Å². The van der Waals surface area contributed by atoms with Crippen molar-refractivity contribution in [3.05, 3.63) is 35.4 Å². The van der Waals surface area contributed by atoms with Crippen LogP contribution in [0.15, 0.2) is 29.8 Å². The van der Waals surface area contributed by atoms with E-state index in [-0.39, 0.29) is 11.3 Å². The molecule has 1 aromatic rings. The van der Waals surface area contributed by atoms with Crippen molar-refractivity contribution in [2.75, 3.05) is 6.61 Å². The lowest BCUT2D eigenvalue weighted by molar-refractivity contribution is -0.288. The van der Waals surface area contributed by atoms with Crippen molar-refractivity contribution >= 4 is 41.5 Å². The summed E-state index contributed by atoms with van der Waals surface area (Å²) in [6.07, 6.45) is -5.31. The summed E-state index contributed by atoms with van der Waals surface area (Å²) in [6.45, 7) is 6.64. The summed E-state index contributed by atoms with van der Waals surface area (Å²) in [5.41, 5.74) is 0.433. The number of allylic oxidation sites excluding steroid dienone is 1. The molecule has 1 aliphatic heterocycles. The number of ketones is 2.